The van der Waals surface area contributed by atoms with E-state index in [1.54, 1.807) is 4.90 Å². The van der Waals surface area contributed by atoms with E-state index in [9.17, 15) is 13.2 Å². The molecule has 5 nitrogen and oxygen atoms in total. The van der Waals surface area contributed by atoms with E-state index in [0.29, 0.717) is 26.1 Å². The van der Waals surface area contributed by atoms with Crippen molar-refractivity contribution in [3.05, 3.63) is 0 Å². The van der Waals surface area contributed by atoms with Crippen LogP contribution in [0.15, 0.2) is 0 Å². The average Bonchev–Trinajstić information content (AvgIpc) is 2.50. The highest BCUT2D eigenvalue weighted by molar-refractivity contribution is 7.91. The topological polar surface area (TPSA) is 66.5 Å². The molecule has 6 heteroatoms. The molecule has 2 heterocycles. The van der Waals surface area contributed by atoms with Crippen molar-refractivity contribution in [1.82, 2.24) is 10.2 Å². The van der Waals surface area contributed by atoms with Gasteiger partial charge in [-0.3, -0.25) is 4.79 Å². The first-order valence-electron chi connectivity index (χ1n) is 5.26. The van der Waals surface area contributed by atoms with Crippen LogP contribution in [0.5, 0.6) is 0 Å². The van der Waals surface area contributed by atoms with E-state index < -0.39 is 9.84 Å². The quantitative estimate of drug-likeness (QED) is 0.653. The zero-order valence-electron chi connectivity index (χ0n) is 8.61. The van der Waals surface area contributed by atoms with Gasteiger partial charge in [-0.1, -0.05) is 0 Å². The standard InChI is InChI=1S/C9H16N2O3S/c12-9-5-10-2-3-11(9)6-8-1-4-15(13,14)7-8/h8,10H,1-7H2. The molecule has 0 bridgehead atoms. The van der Waals surface area contributed by atoms with E-state index in [0.717, 1.165) is 6.54 Å². The average molecular weight is 232 g/mol. The molecular weight excluding hydrogens is 216 g/mol. The summed E-state index contributed by atoms with van der Waals surface area (Å²) in [6.07, 6.45) is 0.708. The molecule has 2 rings (SSSR count). The SMILES string of the molecule is O=C1CNCCN1CC1CCS(=O)(=O)C1. The summed E-state index contributed by atoms with van der Waals surface area (Å²) in [6, 6.07) is 0. The predicted molar refractivity (Wildman–Crippen MR) is 56.2 cm³/mol. The Bertz CT molecular complexity index is 352. The molecule has 0 saturated carbocycles. The molecule has 0 aromatic heterocycles. The molecule has 2 saturated heterocycles. The molecule has 0 spiro atoms. The van der Waals surface area contributed by atoms with Crippen molar-refractivity contribution in [2.24, 2.45) is 5.92 Å². The summed E-state index contributed by atoms with van der Waals surface area (Å²) < 4.78 is 22.5. The van der Waals surface area contributed by atoms with Crippen molar-refractivity contribution in [3.63, 3.8) is 0 Å². The third kappa shape index (κ3) is 2.69. The maximum atomic E-state index is 11.5. The summed E-state index contributed by atoms with van der Waals surface area (Å²) in [7, 11) is -2.82. The van der Waals surface area contributed by atoms with Crippen LogP contribution in [-0.4, -0.2) is 56.9 Å². The van der Waals surface area contributed by atoms with Gasteiger partial charge in [0.1, 0.15) is 0 Å². The number of piperazine rings is 1. The Hall–Kier alpha value is -0.620. The van der Waals surface area contributed by atoms with Gasteiger partial charge in [0.25, 0.3) is 0 Å². The Morgan fingerprint density at radius 1 is 1.47 bits per heavy atom. The van der Waals surface area contributed by atoms with Crippen LogP contribution in [0.2, 0.25) is 0 Å². The first kappa shape index (κ1) is 10.9. The lowest BCUT2D eigenvalue weighted by molar-refractivity contribution is -0.132. The lowest BCUT2D eigenvalue weighted by atomic mass is 10.1. The molecule has 0 radical (unpaired) electrons. The van der Waals surface area contributed by atoms with E-state index in [1.165, 1.54) is 0 Å². The summed E-state index contributed by atoms with van der Waals surface area (Å²) in [4.78, 5) is 13.2. The molecule has 2 fully saturated rings. The first-order valence-corrected chi connectivity index (χ1v) is 7.08. The number of sulfone groups is 1. The minimum Gasteiger partial charge on any atom is -0.340 e. The molecule has 1 atom stereocenters. The molecule has 2 aliphatic heterocycles. The molecule has 1 unspecified atom stereocenters. The monoisotopic (exact) mass is 232 g/mol. The van der Waals surface area contributed by atoms with Crippen LogP contribution in [0.3, 0.4) is 0 Å². The molecule has 15 heavy (non-hydrogen) atoms. The minimum absolute atomic E-state index is 0.0885. The van der Waals surface area contributed by atoms with Crippen LogP contribution < -0.4 is 5.32 Å². The summed E-state index contributed by atoms with van der Waals surface area (Å²) >= 11 is 0. The van der Waals surface area contributed by atoms with Crippen molar-refractivity contribution in [2.45, 2.75) is 6.42 Å². The fourth-order valence-corrected chi connectivity index (χ4v) is 4.02. The van der Waals surface area contributed by atoms with Crippen molar-refractivity contribution in [1.29, 1.82) is 0 Å². The largest absolute Gasteiger partial charge is 0.340 e. The van der Waals surface area contributed by atoms with E-state index in [-0.39, 0.29) is 23.3 Å². The van der Waals surface area contributed by atoms with Crippen molar-refractivity contribution >= 4 is 15.7 Å². The summed E-state index contributed by atoms with van der Waals surface area (Å²) in [5.74, 6) is 0.782. The van der Waals surface area contributed by atoms with Crippen molar-refractivity contribution in [3.8, 4) is 0 Å². The zero-order valence-corrected chi connectivity index (χ0v) is 9.42. The maximum Gasteiger partial charge on any atom is 0.236 e. The first-order chi connectivity index (χ1) is 7.07. The van der Waals surface area contributed by atoms with Gasteiger partial charge >= 0.3 is 0 Å². The fourth-order valence-electron chi connectivity index (χ4n) is 2.17. The number of nitrogens with one attached hydrogen (secondary N) is 1. The molecular formula is C9H16N2O3S. The second kappa shape index (κ2) is 4.09. The van der Waals surface area contributed by atoms with E-state index in [4.69, 9.17) is 0 Å². The smallest absolute Gasteiger partial charge is 0.236 e. The van der Waals surface area contributed by atoms with Gasteiger partial charge in [-0.25, -0.2) is 8.42 Å². The van der Waals surface area contributed by atoms with E-state index >= 15 is 0 Å². The second-order valence-corrected chi connectivity index (χ2v) is 6.51. The van der Waals surface area contributed by atoms with Gasteiger partial charge in [-0.2, -0.15) is 0 Å². The normalized spacial score (nSPS) is 30.8. The van der Waals surface area contributed by atoms with Crippen LogP contribution in [0.25, 0.3) is 0 Å². The van der Waals surface area contributed by atoms with Gasteiger partial charge < -0.3 is 10.2 Å². The number of carbonyl (C=O) groups excluding carboxylic acids is 1. The number of hydrogen-bond acceptors (Lipinski definition) is 4. The summed E-state index contributed by atoms with van der Waals surface area (Å²) in [5, 5.41) is 3.00. The zero-order chi connectivity index (χ0) is 10.9. The fraction of sp³-hybridized carbons (Fsp3) is 0.889. The molecule has 2 aliphatic rings. The second-order valence-electron chi connectivity index (χ2n) is 4.29. The highest BCUT2D eigenvalue weighted by atomic mass is 32.2. The van der Waals surface area contributed by atoms with Crippen LogP contribution in [0.1, 0.15) is 6.42 Å². The number of hydrogen-bond donors (Lipinski definition) is 1. The Balaban J connectivity index is 1.89. The van der Waals surface area contributed by atoms with Gasteiger partial charge in [0.05, 0.1) is 18.1 Å². The van der Waals surface area contributed by atoms with Gasteiger partial charge in [0, 0.05) is 19.6 Å². The van der Waals surface area contributed by atoms with Crippen LogP contribution in [0.4, 0.5) is 0 Å². The van der Waals surface area contributed by atoms with Crippen LogP contribution >= 0.6 is 0 Å². The van der Waals surface area contributed by atoms with Gasteiger partial charge in [-0.15, -0.1) is 0 Å². The van der Waals surface area contributed by atoms with Gasteiger partial charge in [0.15, 0.2) is 9.84 Å². The van der Waals surface area contributed by atoms with Crippen LogP contribution in [-0.2, 0) is 14.6 Å². The van der Waals surface area contributed by atoms with E-state index in [1.807, 2.05) is 0 Å². The number of rotatable bonds is 2. The Morgan fingerprint density at radius 3 is 2.87 bits per heavy atom. The minimum atomic E-state index is -2.82. The Labute approximate surface area is 89.7 Å². The lowest BCUT2D eigenvalue weighted by Gasteiger charge is -2.29. The third-order valence-corrected chi connectivity index (χ3v) is 4.83. The summed E-state index contributed by atoms with van der Waals surface area (Å²) in [6.45, 7) is 2.51. The molecule has 1 amide bonds. The summed E-state index contributed by atoms with van der Waals surface area (Å²) in [5.41, 5.74) is 0. The number of carbonyl (C=O) groups is 1. The van der Waals surface area contributed by atoms with Gasteiger partial charge in [0.2, 0.25) is 5.91 Å². The highest BCUT2D eigenvalue weighted by Crippen LogP contribution is 2.19. The van der Waals surface area contributed by atoms with Crippen molar-refractivity contribution in [2.75, 3.05) is 37.7 Å². The maximum absolute atomic E-state index is 11.5. The highest BCUT2D eigenvalue weighted by Gasteiger charge is 2.30. The van der Waals surface area contributed by atoms with Gasteiger partial charge in [-0.05, 0) is 12.3 Å². The molecule has 86 valence electrons. The third-order valence-electron chi connectivity index (χ3n) is 2.99. The van der Waals surface area contributed by atoms with Crippen molar-refractivity contribution < 1.29 is 13.2 Å². The Kier molecular flexibility index (Phi) is 2.97. The Morgan fingerprint density at radius 2 is 2.27 bits per heavy atom. The molecule has 1 N–H and O–H groups in total. The number of amides is 1. The molecule has 0 aliphatic carbocycles. The number of nitrogens with zero attached hydrogens (tertiary/aromatic N) is 1. The lowest BCUT2D eigenvalue weighted by Crippen LogP contribution is -2.49. The van der Waals surface area contributed by atoms with E-state index in [2.05, 4.69) is 5.32 Å². The predicted octanol–water partition coefficient (Wildman–Crippen LogP) is -1.15. The van der Waals surface area contributed by atoms with Crippen LogP contribution in [0, 0.1) is 5.92 Å². The molecule has 0 aromatic carbocycles. The molecule has 0 aromatic rings.